The maximum absolute atomic E-state index is 13.8. The number of nitrogens with two attached hydrogens (primary N) is 1. The molecule has 2 heterocycles. The zero-order chi connectivity index (χ0) is 20.3. The first-order chi connectivity index (χ1) is 13.4. The Balaban J connectivity index is 1.94. The number of aryl methyl sites for hydroxylation is 1. The second kappa shape index (κ2) is 8.53. The van der Waals surface area contributed by atoms with Crippen LogP contribution in [0.4, 0.5) is 8.78 Å². The van der Waals surface area contributed by atoms with Crippen LogP contribution in [0.25, 0.3) is 5.65 Å². The number of aromatic nitrogens is 2. The average molecular weight is 409 g/mol. The van der Waals surface area contributed by atoms with E-state index in [0.29, 0.717) is 36.5 Å². The molecule has 6 nitrogen and oxygen atoms in total. The Labute approximate surface area is 165 Å². The Bertz CT molecular complexity index is 1000. The summed E-state index contributed by atoms with van der Waals surface area (Å²) in [6, 6.07) is 5.06. The number of pyridine rings is 1. The predicted molar refractivity (Wildman–Crippen MR) is 102 cm³/mol. The van der Waals surface area contributed by atoms with Crippen LogP contribution in [0, 0.1) is 18.6 Å². The Hall–Kier alpha value is -2.71. The van der Waals surface area contributed by atoms with Gasteiger partial charge in [0.2, 0.25) is 0 Å². The topological polar surface area (TPSA) is 81.7 Å². The van der Waals surface area contributed by atoms with Gasteiger partial charge in [0.05, 0.1) is 16.3 Å². The van der Waals surface area contributed by atoms with Gasteiger partial charge < -0.3 is 15.8 Å². The number of fused-ring (bicyclic) bond motifs is 1. The predicted octanol–water partition coefficient (Wildman–Crippen LogP) is 3.23. The summed E-state index contributed by atoms with van der Waals surface area (Å²) in [4.78, 5) is 16.9. The minimum atomic E-state index is -0.711. The second-order valence-corrected chi connectivity index (χ2v) is 6.59. The lowest BCUT2D eigenvalue weighted by molar-refractivity contribution is 0.0947. The highest BCUT2D eigenvalue weighted by Crippen LogP contribution is 2.28. The molecule has 1 amide bonds. The lowest BCUT2D eigenvalue weighted by atomic mass is 10.2. The highest BCUT2D eigenvalue weighted by atomic mass is 35.5. The van der Waals surface area contributed by atoms with Gasteiger partial charge in [-0.15, -0.1) is 0 Å². The number of imidazole rings is 1. The molecule has 0 unspecified atom stereocenters. The molecule has 0 saturated carbocycles. The first kappa shape index (κ1) is 20.0. The zero-order valence-electron chi connectivity index (χ0n) is 15.1. The molecular weight excluding hydrogens is 390 g/mol. The third kappa shape index (κ3) is 4.07. The van der Waals surface area contributed by atoms with Gasteiger partial charge in [0.25, 0.3) is 5.91 Å². The number of halogens is 3. The SMILES string of the molecule is Cc1nc2c(OCc3c(F)cccc3F)cc(Cl)cn2c1C(=O)NCCCN. The summed E-state index contributed by atoms with van der Waals surface area (Å²) in [5.74, 6) is -1.54. The molecule has 0 saturated heterocycles. The van der Waals surface area contributed by atoms with Crippen molar-refractivity contribution in [2.75, 3.05) is 13.1 Å². The van der Waals surface area contributed by atoms with Crippen LogP contribution in [-0.2, 0) is 6.61 Å². The normalized spacial score (nSPS) is 11.0. The number of ether oxygens (including phenoxy) is 1. The fourth-order valence-electron chi connectivity index (χ4n) is 2.78. The van der Waals surface area contributed by atoms with Crippen LogP contribution in [0.3, 0.4) is 0 Å². The van der Waals surface area contributed by atoms with Crippen LogP contribution in [-0.4, -0.2) is 28.4 Å². The number of hydrogen-bond acceptors (Lipinski definition) is 4. The third-order valence-corrected chi connectivity index (χ3v) is 4.35. The fraction of sp³-hybridized carbons (Fsp3) is 0.263. The molecule has 3 aromatic rings. The number of carbonyl (C=O) groups is 1. The van der Waals surface area contributed by atoms with Crippen LogP contribution in [0.5, 0.6) is 5.75 Å². The van der Waals surface area contributed by atoms with Crippen molar-refractivity contribution < 1.29 is 18.3 Å². The number of nitrogens with one attached hydrogen (secondary N) is 1. The number of carbonyl (C=O) groups excluding carboxylic acids is 1. The molecule has 0 radical (unpaired) electrons. The summed E-state index contributed by atoms with van der Waals surface area (Å²) in [7, 11) is 0. The van der Waals surface area contributed by atoms with Crippen LogP contribution in [0.1, 0.15) is 28.2 Å². The van der Waals surface area contributed by atoms with E-state index in [1.54, 1.807) is 6.92 Å². The van der Waals surface area contributed by atoms with Crippen molar-refractivity contribution in [1.29, 1.82) is 0 Å². The maximum atomic E-state index is 13.8. The highest BCUT2D eigenvalue weighted by molar-refractivity contribution is 6.30. The van der Waals surface area contributed by atoms with Gasteiger partial charge in [0.15, 0.2) is 11.4 Å². The van der Waals surface area contributed by atoms with Gasteiger partial charge in [0, 0.05) is 18.8 Å². The average Bonchev–Trinajstić information content (AvgIpc) is 2.97. The molecule has 3 N–H and O–H groups in total. The van der Waals surface area contributed by atoms with Gasteiger partial charge >= 0.3 is 0 Å². The first-order valence-electron chi connectivity index (χ1n) is 8.64. The Morgan fingerprint density at radius 2 is 2.07 bits per heavy atom. The molecule has 0 bridgehead atoms. The van der Waals surface area contributed by atoms with Crippen LogP contribution < -0.4 is 15.8 Å². The van der Waals surface area contributed by atoms with Gasteiger partial charge in [-0.3, -0.25) is 9.20 Å². The minimum absolute atomic E-state index is 0.205. The van der Waals surface area contributed by atoms with E-state index in [2.05, 4.69) is 10.3 Å². The second-order valence-electron chi connectivity index (χ2n) is 6.15. The third-order valence-electron chi connectivity index (χ3n) is 4.14. The summed E-state index contributed by atoms with van der Waals surface area (Å²) in [5.41, 5.74) is 6.33. The smallest absolute Gasteiger partial charge is 0.270 e. The van der Waals surface area contributed by atoms with Crippen LogP contribution in [0.15, 0.2) is 30.5 Å². The number of hydrogen-bond donors (Lipinski definition) is 2. The van der Waals surface area contributed by atoms with Crippen LogP contribution in [0.2, 0.25) is 5.02 Å². The molecule has 0 aliphatic rings. The number of rotatable bonds is 7. The van der Waals surface area contributed by atoms with E-state index in [9.17, 15) is 13.6 Å². The summed E-state index contributed by atoms with van der Waals surface area (Å²) >= 11 is 6.16. The molecule has 9 heteroatoms. The van der Waals surface area contributed by atoms with E-state index in [1.807, 2.05) is 0 Å². The van der Waals surface area contributed by atoms with Crippen molar-refractivity contribution in [3.8, 4) is 5.75 Å². The summed E-state index contributed by atoms with van der Waals surface area (Å²) in [6.07, 6.45) is 2.18. The van der Waals surface area contributed by atoms with Crippen molar-refractivity contribution in [1.82, 2.24) is 14.7 Å². The van der Waals surface area contributed by atoms with E-state index in [0.717, 1.165) is 12.1 Å². The van der Waals surface area contributed by atoms with Crippen molar-refractivity contribution in [3.05, 3.63) is 64.1 Å². The molecule has 0 atom stereocenters. The minimum Gasteiger partial charge on any atom is -0.485 e. The maximum Gasteiger partial charge on any atom is 0.270 e. The molecule has 0 aliphatic carbocycles. The molecule has 148 valence electrons. The molecule has 28 heavy (non-hydrogen) atoms. The highest BCUT2D eigenvalue weighted by Gasteiger charge is 2.20. The largest absolute Gasteiger partial charge is 0.485 e. The summed E-state index contributed by atoms with van der Waals surface area (Å²) in [5, 5.41) is 3.05. The van der Waals surface area contributed by atoms with E-state index < -0.39 is 11.6 Å². The van der Waals surface area contributed by atoms with Gasteiger partial charge in [-0.05, 0) is 32.0 Å². The first-order valence-corrected chi connectivity index (χ1v) is 9.02. The zero-order valence-corrected chi connectivity index (χ0v) is 15.9. The number of amides is 1. The Morgan fingerprint density at radius 1 is 1.36 bits per heavy atom. The number of benzene rings is 1. The Morgan fingerprint density at radius 3 is 2.75 bits per heavy atom. The van der Waals surface area contributed by atoms with Crippen molar-refractivity contribution in [2.45, 2.75) is 20.0 Å². The van der Waals surface area contributed by atoms with E-state index >= 15 is 0 Å². The van der Waals surface area contributed by atoms with Crippen molar-refractivity contribution >= 4 is 23.2 Å². The molecule has 3 rings (SSSR count). The summed E-state index contributed by atoms with van der Waals surface area (Å²) < 4.78 is 34.8. The molecule has 0 fully saturated rings. The van der Waals surface area contributed by atoms with Crippen LogP contribution >= 0.6 is 11.6 Å². The van der Waals surface area contributed by atoms with Crippen molar-refractivity contribution in [2.24, 2.45) is 5.73 Å². The molecular formula is C19H19ClF2N4O2. The fourth-order valence-corrected chi connectivity index (χ4v) is 2.98. The van der Waals surface area contributed by atoms with E-state index in [1.165, 1.54) is 22.7 Å². The lowest BCUT2D eigenvalue weighted by Crippen LogP contribution is -2.27. The van der Waals surface area contributed by atoms with Crippen molar-refractivity contribution in [3.63, 3.8) is 0 Å². The molecule has 2 aromatic heterocycles. The quantitative estimate of drug-likeness (QED) is 0.588. The standard InChI is InChI=1S/C19H19ClF2N4O2/c1-11-17(19(27)24-7-3-6-23)26-9-12(20)8-16(18(26)25-11)28-10-13-14(21)4-2-5-15(13)22/h2,4-5,8-9H,3,6-7,10,23H2,1H3,(H,24,27). The van der Waals surface area contributed by atoms with Gasteiger partial charge in [-0.2, -0.15) is 0 Å². The monoisotopic (exact) mass is 408 g/mol. The summed E-state index contributed by atoms with van der Waals surface area (Å²) in [6.45, 7) is 2.22. The molecule has 0 aliphatic heterocycles. The lowest BCUT2D eigenvalue weighted by Gasteiger charge is -2.10. The van der Waals surface area contributed by atoms with E-state index in [-0.39, 0.29) is 28.8 Å². The van der Waals surface area contributed by atoms with Gasteiger partial charge in [0.1, 0.15) is 23.9 Å². The van der Waals surface area contributed by atoms with E-state index in [4.69, 9.17) is 22.1 Å². The van der Waals surface area contributed by atoms with Gasteiger partial charge in [-0.1, -0.05) is 17.7 Å². The molecule has 0 spiro atoms. The molecule has 1 aromatic carbocycles. The van der Waals surface area contributed by atoms with Gasteiger partial charge in [-0.25, -0.2) is 13.8 Å². The number of nitrogens with zero attached hydrogens (tertiary/aromatic N) is 2. The Kier molecular flexibility index (Phi) is 6.11.